The fraction of sp³-hybridized carbons (Fsp3) is 0.367. The summed E-state index contributed by atoms with van der Waals surface area (Å²) in [5.74, 6) is -1.92. The predicted molar refractivity (Wildman–Crippen MR) is 148 cm³/mol. The molecule has 2 aromatic carbocycles. The summed E-state index contributed by atoms with van der Waals surface area (Å²) in [6.45, 7) is 4.10. The van der Waals surface area contributed by atoms with Crippen LogP contribution in [0.5, 0.6) is 23.0 Å². The van der Waals surface area contributed by atoms with Crippen LogP contribution in [-0.4, -0.2) is 68.3 Å². The van der Waals surface area contributed by atoms with Gasteiger partial charge in [0.1, 0.15) is 41.8 Å². The van der Waals surface area contributed by atoms with Gasteiger partial charge in [-0.15, -0.1) is 0 Å². The summed E-state index contributed by atoms with van der Waals surface area (Å²) in [5.41, 5.74) is -0.332. The molecule has 1 aliphatic rings. The van der Waals surface area contributed by atoms with E-state index in [-0.39, 0.29) is 22.5 Å². The third-order valence-corrected chi connectivity index (χ3v) is 6.20. The Kier molecular flexibility index (Phi) is 10.1. The number of hydrogen-bond acceptors (Lipinski definition) is 14. The van der Waals surface area contributed by atoms with Crippen molar-refractivity contribution in [2.24, 2.45) is 0 Å². The average Bonchev–Trinajstić information content (AvgIpc) is 2.96. The van der Waals surface area contributed by atoms with Crippen LogP contribution >= 0.6 is 0 Å². The molecular formula is C30H30O14. The minimum Gasteiger partial charge on any atom is -0.497 e. The molecule has 1 saturated heterocycles. The Bertz CT molecular complexity index is 1580. The summed E-state index contributed by atoms with van der Waals surface area (Å²) in [4.78, 5) is 60.7. The number of benzene rings is 2. The van der Waals surface area contributed by atoms with Crippen LogP contribution in [0.4, 0.5) is 0 Å². The van der Waals surface area contributed by atoms with Crippen molar-refractivity contribution in [2.45, 2.75) is 58.4 Å². The highest BCUT2D eigenvalue weighted by atomic mass is 16.7. The molecule has 0 saturated carbocycles. The van der Waals surface area contributed by atoms with Gasteiger partial charge in [-0.3, -0.25) is 24.0 Å². The molecule has 1 aromatic heterocycles. The first-order valence-electron chi connectivity index (χ1n) is 13.3. The van der Waals surface area contributed by atoms with Crippen molar-refractivity contribution in [1.82, 2.24) is 0 Å². The Morgan fingerprint density at radius 2 is 1.34 bits per heavy atom. The lowest BCUT2D eigenvalue weighted by Gasteiger charge is -2.43. The fourth-order valence-corrected chi connectivity index (χ4v) is 4.42. The van der Waals surface area contributed by atoms with Crippen LogP contribution in [0.2, 0.25) is 0 Å². The van der Waals surface area contributed by atoms with Gasteiger partial charge >= 0.3 is 23.9 Å². The maximum Gasteiger partial charge on any atom is 0.303 e. The minimum atomic E-state index is -1.46. The highest BCUT2D eigenvalue weighted by molar-refractivity contribution is 5.79. The Hall–Kier alpha value is -5.11. The zero-order valence-electron chi connectivity index (χ0n) is 24.4. The lowest BCUT2D eigenvalue weighted by Crippen LogP contribution is -2.63. The molecule has 1 aliphatic heterocycles. The lowest BCUT2D eigenvalue weighted by molar-refractivity contribution is -0.288. The number of hydrogen-bond donors (Lipinski definition) is 0. The number of rotatable bonds is 10. The molecule has 5 atom stereocenters. The van der Waals surface area contributed by atoms with E-state index in [9.17, 15) is 24.0 Å². The molecule has 3 aromatic rings. The molecule has 4 rings (SSSR count). The molecule has 0 N–H and O–H groups in total. The van der Waals surface area contributed by atoms with Gasteiger partial charge in [-0.05, 0) is 36.4 Å². The Morgan fingerprint density at radius 1 is 0.750 bits per heavy atom. The van der Waals surface area contributed by atoms with Gasteiger partial charge in [-0.1, -0.05) is 0 Å². The zero-order valence-corrected chi connectivity index (χ0v) is 24.4. The van der Waals surface area contributed by atoms with Crippen molar-refractivity contribution in [3.63, 3.8) is 0 Å². The van der Waals surface area contributed by atoms with Gasteiger partial charge in [-0.2, -0.15) is 0 Å². The second kappa shape index (κ2) is 13.9. The maximum atomic E-state index is 13.1. The van der Waals surface area contributed by atoms with E-state index in [0.29, 0.717) is 11.5 Å². The van der Waals surface area contributed by atoms with Crippen molar-refractivity contribution in [1.29, 1.82) is 0 Å². The van der Waals surface area contributed by atoms with E-state index in [1.165, 1.54) is 32.2 Å². The molecule has 14 heteroatoms. The molecular weight excluding hydrogens is 584 g/mol. The van der Waals surface area contributed by atoms with Gasteiger partial charge in [0.05, 0.1) is 12.5 Å². The Labute approximate surface area is 250 Å². The van der Waals surface area contributed by atoms with Crippen LogP contribution in [0, 0.1) is 0 Å². The molecule has 44 heavy (non-hydrogen) atoms. The average molecular weight is 615 g/mol. The first-order valence-corrected chi connectivity index (χ1v) is 13.3. The second-order valence-electron chi connectivity index (χ2n) is 9.55. The van der Waals surface area contributed by atoms with Crippen LogP contribution in [-0.2, 0) is 42.9 Å². The summed E-state index contributed by atoms with van der Waals surface area (Å²) in [7, 11) is 1.53. The summed E-state index contributed by atoms with van der Waals surface area (Å²) in [6, 6.07) is 10.9. The fourth-order valence-electron chi connectivity index (χ4n) is 4.42. The summed E-state index contributed by atoms with van der Waals surface area (Å²) in [6.07, 6.45) is -5.68. The van der Waals surface area contributed by atoms with Crippen LogP contribution in [0.1, 0.15) is 27.7 Å². The number of carbonyl (C=O) groups is 4. The highest BCUT2D eigenvalue weighted by Crippen LogP contribution is 2.32. The van der Waals surface area contributed by atoms with E-state index in [1.807, 2.05) is 0 Å². The van der Waals surface area contributed by atoms with Crippen molar-refractivity contribution in [3.8, 4) is 23.0 Å². The van der Waals surface area contributed by atoms with Crippen LogP contribution in [0.15, 0.2) is 57.9 Å². The number of esters is 4. The van der Waals surface area contributed by atoms with Crippen LogP contribution in [0.25, 0.3) is 11.0 Å². The smallest absolute Gasteiger partial charge is 0.303 e. The third kappa shape index (κ3) is 7.83. The number of ether oxygens (including phenoxy) is 8. The Balaban J connectivity index is 1.65. The van der Waals surface area contributed by atoms with Gasteiger partial charge in [0.15, 0.2) is 12.2 Å². The summed E-state index contributed by atoms with van der Waals surface area (Å²) in [5, 5.41) is 0.171. The molecule has 2 heterocycles. The highest BCUT2D eigenvalue weighted by Gasteiger charge is 2.53. The monoisotopic (exact) mass is 614 g/mol. The topological polar surface area (TPSA) is 172 Å². The predicted octanol–water partition coefficient (Wildman–Crippen LogP) is 3.06. The first kappa shape index (κ1) is 31.8. The molecule has 0 radical (unpaired) electrons. The van der Waals surface area contributed by atoms with Gasteiger partial charge < -0.3 is 42.3 Å². The van der Waals surface area contributed by atoms with E-state index in [2.05, 4.69) is 0 Å². The standard InChI is InChI=1S/C30H30O14/c1-15(31)37-14-25-27(39-16(2)32)28(40-17(3)33)29(41-18(4)34)30(44-25)43-21-10-11-22-23(12-21)38-13-24(26(22)35)42-20-8-6-19(36-5)7-9-20/h6-13,25,27-30H,14H2,1-5H3/t25-,27+,28+,29-,30-/m1/s1. The van der Waals surface area contributed by atoms with Crippen molar-refractivity contribution < 1.29 is 61.5 Å². The molecule has 0 spiro atoms. The van der Waals surface area contributed by atoms with Crippen LogP contribution in [0.3, 0.4) is 0 Å². The van der Waals surface area contributed by atoms with E-state index in [0.717, 1.165) is 27.0 Å². The number of methoxy groups -OCH3 is 1. The van der Waals surface area contributed by atoms with Crippen molar-refractivity contribution >= 4 is 34.8 Å². The van der Waals surface area contributed by atoms with E-state index in [4.69, 9.17) is 42.3 Å². The molecule has 14 nitrogen and oxygen atoms in total. The van der Waals surface area contributed by atoms with Gasteiger partial charge in [0, 0.05) is 33.8 Å². The number of carbonyl (C=O) groups excluding carboxylic acids is 4. The van der Waals surface area contributed by atoms with Gasteiger partial charge in [-0.25, -0.2) is 0 Å². The Morgan fingerprint density at radius 3 is 1.95 bits per heavy atom. The molecule has 0 amide bonds. The van der Waals surface area contributed by atoms with E-state index >= 15 is 0 Å². The van der Waals surface area contributed by atoms with Gasteiger partial charge in [0.2, 0.25) is 23.6 Å². The summed E-state index contributed by atoms with van der Waals surface area (Å²) >= 11 is 0. The summed E-state index contributed by atoms with van der Waals surface area (Å²) < 4.78 is 49.6. The lowest BCUT2D eigenvalue weighted by atomic mass is 9.98. The molecule has 0 bridgehead atoms. The first-order chi connectivity index (χ1) is 20.9. The zero-order chi connectivity index (χ0) is 32.0. The van der Waals surface area contributed by atoms with Crippen molar-refractivity contribution in [2.75, 3.05) is 13.7 Å². The second-order valence-corrected chi connectivity index (χ2v) is 9.55. The largest absolute Gasteiger partial charge is 0.497 e. The molecule has 1 fully saturated rings. The minimum absolute atomic E-state index is 0.0593. The van der Waals surface area contributed by atoms with Crippen molar-refractivity contribution in [3.05, 3.63) is 59.0 Å². The molecule has 234 valence electrons. The third-order valence-electron chi connectivity index (χ3n) is 6.20. The number of fused-ring (bicyclic) bond motifs is 1. The van der Waals surface area contributed by atoms with E-state index < -0.39 is 66.6 Å². The quantitative estimate of drug-likeness (QED) is 0.241. The normalized spacial score (nSPS) is 21.1. The molecule has 0 aliphatic carbocycles. The molecule has 0 unspecified atom stereocenters. The van der Waals surface area contributed by atoms with Gasteiger partial charge in [0.25, 0.3) is 0 Å². The maximum absolute atomic E-state index is 13.1. The van der Waals surface area contributed by atoms with E-state index in [1.54, 1.807) is 24.3 Å². The van der Waals surface area contributed by atoms with Crippen LogP contribution < -0.4 is 19.6 Å². The SMILES string of the molecule is COc1ccc(Oc2coc3cc(O[C@@H]4O[C@H](COC(C)=O)[C@H](OC(C)=O)[C@H](OC(C)=O)[C@H]4OC(C)=O)ccc3c2=O)cc1.